The summed E-state index contributed by atoms with van der Waals surface area (Å²) in [5.41, 5.74) is 3.43. The maximum absolute atomic E-state index is 13.3. The molecule has 32 heavy (non-hydrogen) atoms. The molecule has 0 radical (unpaired) electrons. The molecule has 3 aromatic rings. The molecule has 1 unspecified atom stereocenters. The fourth-order valence-corrected chi connectivity index (χ4v) is 4.61. The monoisotopic (exact) mass is 491 g/mol. The van der Waals surface area contributed by atoms with Gasteiger partial charge in [-0.2, -0.15) is 0 Å². The van der Waals surface area contributed by atoms with Crippen molar-refractivity contribution in [2.24, 2.45) is 0 Å². The summed E-state index contributed by atoms with van der Waals surface area (Å²) < 4.78 is 6.31. The van der Waals surface area contributed by atoms with Gasteiger partial charge in [0, 0.05) is 10.2 Å². The van der Waals surface area contributed by atoms with Gasteiger partial charge in [-0.3, -0.25) is 14.5 Å². The average Bonchev–Trinajstić information content (AvgIpc) is 3.04. The van der Waals surface area contributed by atoms with Crippen LogP contribution in [0.2, 0.25) is 0 Å². The van der Waals surface area contributed by atoms with Crippen LogP contribution >= 0.6 is 15.9 Å². The molecule has 0 aromatic heterocycles. The van der Waals surface area contributed by atoms with Crippen molar-refractivity contribution in [2.45, 2.75) is 19.9 Å². The topological polar surface area (TPSA) is 66.8 Å². The number of hydrogen-bond donors (Lipinski definition) is 1. The zero-order valence-corrected chi connectivity index (χ0v) is 19.5. The maximum atomic E-state index is 13.3. The first-order valence-corrected chi connectivity index (χ1v) is 10.9. The number of aryl methyl sites for hydroxylation is 2. The van der Waals surface area contributed by atoms with Gasteiger partial charge in [0.05, 0.1) is 24.3 Å². The molecule has 1 atom stereocenters. The Hall–Kier alpha value is -3.38. The van der Waals surface area contributed by atoms with E-state index in [2.05, 4.69) is 15.9 Å². The summed E-state index contributed by atoms with van der Waals surface area (Å²) in [7, 11) is 1.52. The average molecular weight is 492 g/mol. The van der Waals surface area contributed by atoms with E-state index >= 15 is 0 Å². The van der Waals surface area contributed by atoms with Crippen LogP contribution in [0.5, 0.6) is 5.75 Å². The molecule has 0 spiro atoms. The molecule has 0 bridgehead atoms. The molecule has 1 saturated heterocycles. The Morgan fingerprint density at radius 3 is 2.38 bits per heavy atom. The third-order valence-corrected chi connectivity index (χ3v) is 6.02. The van der Waals surface area contributed by atoms with E-state index in [1.807, 2.05) is 56.3 Å². The van der Waals surface area contributed by atoms with Crippen LogP contribution in [0, 0.1) is 13.8 Å². The first-order valence-electron chi connectivity index (χ1n) is 10.1. The van der Waals surface area contributed by atoms with Crippen molar-refractivity contribution >= 4 is 39.1 Å². The number of carbonyl (C=O) groups excluding carboxylic acids is 2. The van der Waals surface area contributed by atoms with E-state index < -0.39 is 17.7 Å². The van der Waals surface area contributed by atoms with E-state index in [0.29, 0.717) is 17.0 Å². The van der Waals surface area contributed by atoms with Crippen LogP contribution in [0.3, 0.4) is 0 Å². The third kappa shape index (κ3) is 3.71. The van der Waals surface area contributed by atoms with Gasteiger partial charge in [-0.05, 0) is 54.8 Å². The largest absolute Gasteiger partial charge is 0.507 e. The second-order valence-electron chi connectivity index (χ2n) is 7.72. The maximum Gasteiger partial charge on any atom is 0.300 e. The Balaban J connectivity index is 2.01. The van der Waals surface area contributed by atoms with Crippen LogP contribution in [0.1, 0.15) is 28.3 Å². The zero-order chi connectivity index (χ0) is 23.0. The smallest absolute Gasteiger partial charge is 0.300 e. The van der Waals surface area contributed by atoms with Crippen molar-refractivity contribution in [3.8, 4) is 5.75 Å². The number of ether oxygens (including phenoxy) is 1. The SMILES string of the molecule is COc1c(C)cc(C)cc1/C(O)=C1\C(=O)C(=O)N(c2cccc(Br)c2)C1c1ccccc1. The van der Waals surface area contributed by atoms with Crippen molar-refractivity contribution in [1.82, 2.24) is 0 Å². The predicted octanol–water partition coefficient (Wildman–Crippen LogP) is 5.70. The molecule has 3 aromatic carbocycles. The van der Waals surface area contributed by atoms with Gasteiger partial charge >= 0.3 is 0 Å². The number of benzene rings is 3. The highest BCUT2D eigenvalue weighted by atomic mass is 79.9. The molecule has 5 nitrogen and oxygen atoms in total. The van der Waals surface area contributed by atoms with Crippen LogP contribution in [0.15, 0.2) is 76.8 Å². The molecule has 4 rings (SSSR count). The fraction of sp³-hybridized carbons (Fsp3) is 0.154. The van der Waals surface area contributed by atoms with Gasteiger partial charge in [-0.1, -0.05) is 58.4 Å². The van der Waals surface area contributed by atoms with E-state index in [4.69, 9.17) is 4.74 Å². The molecule has 1 heterocycles. The van der Waals surface area contributed by atoms with Crippen LogP contribution in [0.4, 0.5) is 5.69 Å². The lowest BCUT2D eigenvalue weighted by Gasteiger charge is -2.25. The Bertz CT molecular complexity index is 1250. The molecule has 162 valence electrons. The van der Waals surface area contributed by atoms with Gasteiger partial charge in [0.15, 0.2) is 0 Å². The Morgan fingerprint density at radius 1 is 1.00 bits per heavy atom. The summed E-state index contributed by atoms with van der Waals surface area (Å²) in [4.78, 5) is 27.9. The number of halogens is 1. The van der Waals surface area contributed by atoms with Crippen molar-refractivity contribution in [3.05, 3.63) is 99.0 Å². The summed E-state index contributed by atoms with van der Waals surface area (Å²) in [6, 6.07) is 19.3. The summed E-state index contributed by atoms with van der Waals surface area (Å²) >= 11 is 3.44. The van der Waals surface area contributed by atoms with Crippen molar-refractivity contribution in [1.29, 1.82) is 0 Å². The molecule has 6 heteroatoms. The van der Waals surface area contributed by atoms with Crippen LogP contribution < -0.4 is 9.64 Å². The highest BCUT2D eigenvalue weighted by Crippen LogP contribution is 2.44. The number of ketones is 1. The highest BCUT2D eigenvalue weighted by molar-refractivity contribution is 9.10. The van der Waals surface area contributed by atoms with E-state index in [1.54, 1.807) is 24.3 Å². The van der Waals surface area contributed by atoms with Gasteiger partial charge in [-0.15, -0.1) is 0 Å². The number of carbonyl (C=O) groups is 2. The number of nitrogens with zero attached hydrogens (tertiary/aromatic N) is 1. The number of Topliss-reactive ketones (excluding diaryl/α,β-unsaturated/α-hetero) is 1. The van der Waals surface area contributed by atoms with Crippen molar-refractivity contribution in [2.75, 3.05) is 12.0 Å². The van der Waals surface area contributed by atoms with Gasteiger partial charge in [-0.25, -0.2) is 0 Å². The van der Waals surface area contributed by atoms with Crippen molar-refractivity contribution in [3.63, 3.8) is 0 Å². The number of methoxy groups -OCH3 is 1. The highest BCUT2D eigenvalue weighted by Gasteiger charge is 2.47. The quantitative estimate of drug-likeness (QED) is 0.288. The summed E-state index contributed by atoms with van der Waals surface area (Å²) in [6.07, 6.45) is 0. The van der Waals surface area contributed by atoms with Crippen LogP contribution in [-0.2, 0) is 9.59 Å². The zero-order valence-electron chi connectivity index (χ0n) is 17.9. The van der Waals surface area contributed by atoms with Gasteiger partial charge in [0.25, 0.3) is 11.7 Å². The van der Waals surface area contributed by atoms with E-state index in [-0.39, 0.29) is 11.3 Å². The fourth-order valence-electron chi connectivity index (χ4n) is 4.22. The molecule has 1 fully saturated rings. The second kappa shape index (κ2) is 8.63. The summed E-state index contributed by atoms with van der Waals surface area (Å²) in [6.45, 7) is 3.77. The number of aliphatic hydroxyl groups is 1. The molecular formula is C26H22BrNO4. The minimum Gasteiger partial charge on any atom is -0.507 e. The van der Waals surface area contributed by atoms with Crippen molar-refractivity contribution < 1.29 is 19.4 Å². The lowest BCUT2D eigenvalue weighted by Crippen LogP contribution is -2.29. The molecule has 1 N–H and O–H groups in total. The first kappa shape index (κ1) is 21.8. The minimum absolute atomic E-state index is 0.0319. The van der Waals surface area contributed by atoms with Gasteiger partial charge in [0.1, 0.15) is 11.5 Å². The summed E-state index contributed by atoms with van der Waals surface area (Å²) in [5.74, 6) is -1.22. The van der Waals surface area contributed by atoms with Crippen LogP contribution in [0.25, 0.3) is 5.76 Å². The molecule has 0 aliphatic carbocycles. The van der Waals surface area contributed by atoms with Gasteiger partial charge in [0.2, 0.25) is 0 Å². The number of amides is 1. The van der Waals surface area contributed by atoms with Gasteiger partial charge < -0.3 is 9.84 Å². The lowest BCUT2D eigenvalue weighted by molar-refractivity contribution is -0.132. The number of hydrogen-bond acceptors (Lipinski definition) is 4. The molecule has 1 aliphatic rings. The normalized spacial score (nSPS) is 17.6. The second-order valence-corrected chi connectivity index (χ2v) is 8.64. The van der Waals surface area contributed by atoms with E-state index in [1.165, 1.54) is 12.0 Å². The molecular weight excluding hydrogens is 470 g/mol. The molecule has 0 saturated carbocycles. The Labute approximate surface area is 195 Å². The number of anilines is 1. The predicted molar refractivity (Wildman–Crippen MR) is 128 cm³/mol. The lowest BCUT2D eigenvalue weighted by atomic mass is 9.93. The number of rotatable bonds is 4. The molecule has 1 amide bonds. The third-order valence-electron chi connectivity index (χ3n) is 5.52. The van der Waals surface area contributed by atoms with E-state index in [0.717, 1.165) is 21.2 Å². The van der Waals surface area contributed by atoms with E-state index in [9.17, 15) is 14.7 Å². The standard InChI is InChI=1S/C26H22BrNO4/c1-15-12-16(2)25(32-3)20(13-15)23(29)21-22(17-8-5-4-6-9-17)28(26(31)24(21)30)19-11-7-10-18(27)14-19/h4-14,22,29H,1-3H3/b23-21+. The van der Waals surface area contributed by atoms with Crippen LogP contribution in [-0.4, -0.2) is 23.9 Å². The summed E-state index contributed by atoms with van der Waals surface area (Å²) in [5, 5.41) is 11.4. The first-order chi connectivity index (χ1) is 15.3. The Kier molecular flexibility index (Phi) is 5.89. The number of aliphatic hydroxyl groups excluding tert-OH is 1. The minimum atomic E-state index is -0.781. The molecule has 1 aliphatic heterocycles. The Morgan fingerprint density at radius 2 is 1.72 bits per heavy atom.